The van der Waals surface area contributed by atoms with Gasteiger partial charge in [0, 0.05) is 22.7 Å². The fourth-order valence-corrected chi connectivity index (χ4v) is 3.84. The van der Waals surface area contributed by atoms with Crippen molar-refractivity contribution in [3.05, 3.63) is 95.7 Å². The Morgan fingerprint density at radius 3 is 2.52 bits per heavy atom. The number of nitrogens with zero attached hydrogens (tertiary/aromatic N) is 4. The molecule has 0 fully saturated rings. The third-order valence-electron chi connectivity index (χ3n) is 4.67. The van der Waals surface area contributed by atoms with E-state index in [1.54, 1.807) is 6.21 Å². The van der Waals surface area contributed by atoms with Crippen molar-refractivity contribution in [2.45, 2.75) is 6.92 Å². The molecule has 0 saturated heterocycles. The first-order chi connectivity index (χ1) is 15.3. The Labute approximate surface area is 183 Å². The number of aryl methyl sites for hydroxylation is 1. The fourth-order valence-electron chi connectivity index (χ4n) is 3.17. The van der Waals surface area contributed by atoms with E-state index in [4.69, 9.17) is 9.52 Å². The zero-order valence-electron chi connectivity index (χ0n) is 16.8. The van der Waals surface area contributed by atoms with Crippen LogP contribution < -0.4 is 5.43 Å². The van der Waals surface area contributed by atoms with E-state index in [1.165, 1.54) is 11.3 Å². The lowest BCUT2D eigenvalue weighted by Gasteiger charge is -1.98. The fraction of sp³-hybridized carbons (Fsp3) is 0.0417. The van der Waals surface area contributed by atoms with Crippen LogP contribution in [0.3, 0.4) is 0 Å². The highest BCUT2D eigenvalue weighted by Gasteiger charge is 2.14. The summed E-state index contributed by atoms with van der Waals surface area (Å²) in [4.78, 5) is 4.60. The molecule has 0 aliphatic rings. The van der Waals surface area contributed by atoms with Crippen molar-refractivity contribution in [3.63, 3.8) is 0 Å². The molecule has 31 heavy (non-hydrogen) atoms. The van der Waals surface area contributed by atoms with Gasteiger partial charge in [-0.15, -0.1) is 11.3 Å². The monoisotopic (exact) mass is 425 g/mol. The SMILES string of the molecule is Cc1ccc(-c2nn(-c3ccccc3)cc2C=NNc2nc(-c3ccccc3)cs2)o1. The van der Waals surface area contributed by atoms with Crippen LogP contribution >= 0.6 is 11.3 Å². The first-order valence-electron chi connectivity index (χ1n) is 9.78. The molecule has 0 unspecified atom stereocenters. The molecule has 0 atom stereocenters. The molecule has 5 rings (SSSR count). The number of hydrogen-bond acceptors (Lipinski definition) is 6. The van der Waals surface area contributed by atoms with E-state index in [0.29, 0.717) is 5.76 Å². The Balaban J connectivity index is 1.41. The number of rotatable bonds is 6. The second kappa shape index (κ2) is 8.41. The van der Waals surface area contributed by atoms with Crippen LogP contribution in [0.5, 0.6) is 0 Å². The van der Waals surface area contributed by atoms with Crippen LogP contribution in [0, 0.1) is 6.92 Å². The van der Waals surface area contributed by atoms with E-state index in [9.17, 15) is 0 Å². The molecule has 152 valence electrons. The summed E-state index contributed by atoms with van der Waals surface area (Å²) in [6.07, 6.45) is 3.67. The molecule has 5 aromatic rings. The average Bonchev–Trinajstić information content (AvgIpc) is 3.55. The minimum absolute atomic E-state index is 0.703. The molecular weight excluding hydrogens is 406 g/mol. The Bertz CT molecular complexity index is 1320. The highest BCUT2D eigenvalue weighted by molar-refractivity contribution is 7.14. The van der Waals surface area contributed by atoms with Gasteiger partial charge >= 0.3 is 0 Å². The number of benzene rings is 2. The first-order valence-corrected chi connectivity index (χ1v) is 10.7. The van der Waals surface area contributed by atoms with Crippen LogP contribution in [0.1, 0.15) is 11.3 Å². The molecule has 7 heteroatoms. The summed E-state index contributed by atoms with van der Waals surface area (Å²) in [6, 6.07) is 23.9. The van der Waals surface area contributed by atoms with Gasteiger partial charge in [0.05, 0.1) is 17.6 Å². The normalized spacial score (nSPS) is 11.3. The van der Waals surface area contributed by atoms with Gasteiger partial charge < -0.3 is 4.42 Å². The van der Waals surface area contributed by atoms with Gasteiger partial charge in [0.1, 0.15) is 11.5 Å². The predicted octanol–water partition coefficient (Wildman–Crippen LogP) is 6.01. The minimum atomic E-state index is 0.703. The first kappa shape index (κ1) is 19.0. The lowest BCUT2D eigenvalue weighted by molar-refractivity contribution is 0.545. The number of thiazole rings is 1. The van der Waals surface area contributed by atoms with Crippen LogP contribution in [-0.2, 0) is 0 Å². The number of hydrazone groups is 1. The zero-order chi connectivity index (χ0) is 21.0. The maximum atomic E-state index is 5.81. The smallest absolute Gasteiger partial charge is 0.203 e. The molecule has 0 radical (unpaired) electrons. The van der Waals surface area contributed by atoms with Crippen molar-refractivity contribution >= 4 is 22.7 Å². The molecular formula is C24H19N5OS. The van der Waals surface area contributed by atoms with Gasteiger partial charge in [-0.3, -0.25) is 5.43 Å². The molecule has 0 aliphatic heterocycles. The van der Waals surface area contributed by atoms with Crippen molar-refractivity contribution in [1.29, 1.82) is 0 Å². The minimum Gasteiger partial charge on any atom is -0.460 e. The van der Waals surface area contributed by atoms with E-state index in [2.05, 4.69) is 15.5 Å². The molecule has 1 N–H and O–H groups in total. The highest BCUT2D eigenvalue weighted by atomic mass is 32.1. The number of hydrogen-bond donors (Lipinski definition) is 1. The average molecular weight is 426 g/mol. The Kier molecular flexibility index (Phi) is 5.16. The van der Waals surface area contributed by atoms with Crippen molar-refractivity contribution in [3.8, 4) is 28.4 Å². The third kappa shape index (κ3) is 4.17. The van der Waals surface area contributed by atoms with Gasteiger partial charge in [0.25, 0.3) is 0 Å². The van der Waals surface area contributed by atoms with Gasteiger partial charge in [-0.1, -0.05) is 48.5 Å². The summed E-state index contributed by atoms with van der Waals surface area (Å²) in [7, 11) is 0. The van der Waals surface area contributed by atoms with Crippen LogP contribution in [0.25, 0.3) is 28.4 Å². The Morgan fingerprint density at radius 1 is 1.00 bits per heavy atom. The van der Waals surface area contributed by atoms with Crippen molar-refractivity contribution in [1.82, 2.24) is 14.8 Å². The van der Waals surface area contributed by atoms with E-state index in [1.807, 2.05) is 96.0 Å². The van der Waals surface area contributed by atoms with Crippen LogP contribution in [0.2, 0.25) is 0 Å². The van der Waals surface area contributed by atoms with Gasteiger partial charge in [0.15, 0.2) is 5.76 Å². The topological polar surface area (TPSA) is 68.2 Å². The highest BCUT2D eigenvalue weighted by Crippen LogP contribution is 2.26. The summed E-state index contributed by atoms with van der Waals surface area (Å²) in [5.41, 5.74) is 7.56. The quantitative estimate of drug-likeness (QED) is 0.267. The van der Waals surface area contributed by atoms with Gasteiger partial charge in [-0.2, -0.15) is 10.2 Å². The van der Waals surface area contributed by atoms with E-state index >= 15 is 0 Å². The second-order valence-electron chi connectivity index (χ2n) is 6.90. The third-order valence-corrected chi connectivity index (χ3v) is 5.42. The standard InChI is InChI=1S/C24H19N5OS/c1-17-12-13-22(30-17)23-19(15-29(28-23)20-10-6-3-7-11-20)14-25-27-24-26-21(16-31-24)18-8-4-2-5-9-18/h2-16H,1H3,(H,26,27). The number of anilines is 1. The van der Waals surface area contributed by atoms with Gasteiger partial charge in [-0.25, -0.2) is 9.67 Å². The second-order valence-corrected chi connectivity index (χ2v) is 7.76. The summed E-state index contributed by atoms with van der Waals surface area (Å²) in [5, 5.41) is 11.9. The van der Waals surface area contributed by atoms with E-state index in [-0.39, 0.29) is 0 Å². The van der Waals surface area contributed by atoms with Gasteiger partial charge in [0.2, 0.25) is 5.13 Å². The van der Waals surface area contributed by atoms with Crippen molar-refractivity contribution in [2.24, 2.45) is 5.10 Å². The number of furan rings is 1. The molecule has 3 aromatic heterocycles. The lowest BCUT2D eigenvalue weighted by Crippen LogP contribution is -1.93. The zero-order valence-corrected chi connectivity index (χ0v) is 17.6. The molecule has 0 saturated carbocycles. The summed E-state index contributed by atoms with van der Waals surface area (Å²) >= 11 is 1.51. The maximum absolute atomic E-state index is 5.81. The predicted molar refractivity (Wildman–Crippen MR) is 125 cm³/mol. The molecule has 0 amide bonds. The number of nitrogens with one attached hydrogen (secondary N) is 1. The largest absolute Gasteiger partial charge is 0.460 e. The van der Waals surface area contributed by atoms with Crippen molar-refractivity contribution in [2.75, 3.05) is 5.43 Å². The van der Waals surface area contributed by atoms with E-state index in [0.717, 1.165) is 39.1 Å². The summed E-state index contributed by atoms with van der Waals surface area (Å²) in [5.74, 6) is 1.54. The molecule has 0 aliphatic carbocycles. The summed E-state index contributed by atoms with van der Waals surface area (Å²) < 4.78 is 7.63. The lowest BCUT2D eigenvalue weighted by atomic mass is 10.2. The number of aromatic nitrogens is 3. The van der Waals surface area contributed by atoms with E-state index < -0.39 is 0 Å². The molecule has 2 aromatic carbocycles. The van der Waals surface area contributed by atoms with Gasteiger partial charge in [-0.05, 0) is 31.2 Å². The van der Waals surface area contributed by atoms with Crippen LogP contribution in [-0.4, -0.2) is 21.0 Å². The molecule has 6 nitrogen and oxygen atoms in total. The summed E-state index contributed by atoms with van der Waals surface area (Å²) in [6.45, 7) is 1.92. The van der Waals surface area contributed by atoms with Crippen LogP contribution in [0.4, 0.5) is 5.13 Å². The van der Waals surface area contributed by atoms with Crippen molar-refractivity contribution < 1.29 is 4.42 Å². The molecule has 3 heterocycles. The number of para-hydroxylation sites is 1. The molecule has 0 bridgehead atoms. The maximum Gasteiger partial charge on any atom is 0.203 e. The molecule has 0 spiro atoms. The Morgan fingerprint density at radius 2 is 1.77 bits per heavy atom. The Hall–Kier alpha value is -3.97. The van der Waals surface area contributed by atoms with Crippen LogP contribution in [0.15, 0.2) is 93.9 Å².